The van der Waals surface area contributed by atoms with Crippen molar-refractivity contribution < 1.29 is 0 Å². The highest BCUT2D eigenvalue weighted by Gasteiger charge is 2.00. The van der Waals surface area contributed by atoms with Crippen molar-refractivity contribution in [3.8, 4) is 0 Å². The van der Waals surface area contributed by atoms with E-state index in [2.05, 4.69) is 22.6 Å². The summed E-state index contributed by atoms with van der Waals surface area (Å²) in [5.74, 6) is 0.635. The van der Waals surface area contributed by atoms with Crippen LogP contribution in [0.5, 0.6) is 0 Å². The van der Waals surface area contributed by atoms with Crippen LogP contribution in [0.2, 0.25) is 0 Å². The second kappa shape index (κ2) is 3.84. The third-order valence-corrected chi connectivity index (χ3v) is 3.09. The normalized spacial score (nSPS) is 10.6. The summed E-state index contributed by atoms with van der Waals surface area (Å²) in [5, 5.41) is 6.30. The average molecular weight is 207 g/mol. The summed E-state index contributed by atoms with van der Waals surface area (Å²) in [5.41, 5.74) is 6.71. The van der Waals surface area contributed by atoms with Gasteiger partial charge in [0.2, 0.25) is 0 Å². The van der Waals surface area contributed by atoms with Crippen LogP contribution in [-0.4, -0.2) is 9.78 Å². The minimum Gasteiger partial charge on any atom is -0.382 e. The summed E-state index contributed by atoms with van der Waals surface area (Å²) in [4.78, 5) is 1.39. The van der Waals surface area contributed by atoms with E-state index in [-0.39, 0.29) is 0 Å². The van der Waals surface area contributed by atoms with Crippen molar-refractivity contribution in [3.63, 3.8) is 0 Å². The Morgan fingerprint density at radius 1 is 1.57 bits per heavy atom. The molecule has 3 nitrogen and oxygen atoms in total. The molecule has 74 valence electrons. The number of aromatic nitrogens is 2. The number of anilines is 1. The number of nitrogens with zero attached hydrogens (tertiary/aromatic N) is 2. The minimum atomic E-state index is 0.635. The molecule has 2 aromatic heterocycles. The molecule has 0 aromatic carbocycles. The summed E-state index contributed by atoms with van der Waals surface area (Å²) in [7, 11) is 0. The highest BCUT2D eigenvalue weighted by atomic mass is 32.1. The van der Waals surface area contributed by atoms with Gasteiger partial charge in [0.25, 0.3) is 0 Å². The molecular formula is C10H13N3S. The minimum absolute atomic E-state index is 0.635. The molecule has 0 radical (unpaired) electrons. The molecule has 14 heavy (non-hydrogen) atoms. The van der Waals surface area contributed by atoms with Crippen LogP contribution < -0.4 is 5.73 Å². The van der Waals surface area contributed by atoms with E-state index in [4.69, 9.17) is 5.73 Å². The Kier molecular flexibility index (Phi) is 2.54. The lowest BCUT2D eigenvalue weighted by Gasteiger charge is -1.98. The molecule has 0 spiro atoms. The van der Waals surface area contributed by atoms with Crippen LogP contribution in [0.25, 0.3) is 0 Å². The van der Waals surface area contributed by atoms with Gasteiger partial charge in [-0.1, -0.05) is 6.07 Å². The average Bonchev–Trinajstić information content (AvgIpc) is 2.74. The van der Waals surface area contributed by atoms with E-state index < -0.39 is 0 Å². The van der Waals surface area contributed by atoms with Gasteiger partial charge in [-0.15, -0.1) is 11.3 Å². The highest BCUT2D eigenvalue weighted by molar-refractivity contribution is 7.09. The molecule has 4 heteroatoms. The van der Waals surface area contributed by atoms with Gasteiger partial charge in [-0.3, -0.25) is 4.68 Å². The SMILES string of the molecule is Cc1cn(CCc2cccs2)nc1N. The number of rotatable bonds is 3. The Hall–Kier alpha value is -1.29. The van der Waals surface area contributed by atoms with Gasteiger partial charge in [0.05, 0.1) is 0 Å². The molecule has 0 saturated carbocycles. The largest absolute Gasteiger partial charge is 0.382 e. The van der Waals surface area contributed by atoms with E-state index >= 15 is 0 Å². The van der Waals surface area contributed by atoms with Gasteiger partial charge < -0.3 is 5.73 Å². The van der Waals surface area contributed by atoms with Crippen molar-refractivity contribution in [2.24, 2.45) is 0 Å². The summed E-state index contributed by atoms with van der Waals surface area (Å²) < 4.78 is 1.91. The Morgan fingerprint density at radius 3 is 3.00 bits per heavy atom. The fourth-order valence-electron chi connectivity index (χ4n) is 1.33. The predicted octanol–water partition coefficient (Wildman–Crippen LogP) is 2.08. The second-order valence-electron chi connectivity index (χ2n) is 3.29. The maximum Gasteiger partial charge on any atom is 0.148 e. The molecule has 0 atom stereocenters. The van der Waals surface area contributed by atoms with Crippen LogP contribution in [0, 0.1) is 6.92 Å². The molecule has 0 unspecified atom stereocenters. The van der Waals surface area contributed by atoms with Crippen LogP contribution in [0.3, 0.4) is 0 Å². The van der Waals surface area contributed by atoms with Crippen LogP contribution in [0.1, 0.15) is 10.4 Å². The topological polar surface area (TPSA) is 43.8 Å². The monoisotopic (exact) mass is 207 g/mol. The summed E-state index contributed by atoms with van der Waals surface area (Å²) in [6.07, 6.45) is 3.02. The summed E-state index contributed by atoms with van der Waals surface area (Å²) in [6.45, 7) is 2.88. The number of thiophene rings is 1. The molecule has 0 aliphatic rings. The molecule has 2 aromatic rings. The van der Waals surface area contributed by atoms with Gasteiger partial charge in [-0.05, 0) is 18.4 Å². The molecule has 2 rings (SSSR count). The second-order valence-corrected chi connectivity index (χ2v) is 4.32. The van der Waals surface area contributed by atoms with E-state index in [1.54, 1.807) is 11.3 Å². The smallest absolute Gasteiger partial charge is 0.148 e. The first-order valence-corrected chi connectivity index (χ1v) is 5.45. The van der Waals surface area contributed by atoms with Crippen molar-refractivity contribution in [2.75, 3.05) is 5.73 Å². The van der Waals surface area contributed by atoms with Crippen LogP contribution in [0.4, 0.5) is 5.82 Å². The highest BCUT2D eigenvalue weighted by Crippen LogP contribution is 2.11. The molecule has 0 aliphatic heterocycles. The lowest BCUT2D eigenvalue weighted by molar-refractivity contribution is 0.620. The maximum absolute atomic E-state index is 5.66. The zero-order valence-electron chi connectivity index (χ0n) is 8.10. The molecule has 2 heterocycles. The van der Waals surface area contributed by atoms with E-state index in [1.165, 1.54) is 4.88 Å². The molecule has 0 saturated heterocycles. The van der Waals surface area contributed by atoms with E-state index in [0.717, 1.165) is 18.5 Å². The van der Waals surface area contributed by atoms with Gasteiger partial charge in [0, 0.05) is 29.6 Å². The van der Waals surface area contributed by atoms with Crippen molar-refractivity contribution in [3.05, 3.63) is 34.2 Å². The molecular weight excluding hydrogens is 194 g/mol. The summed E-state index contributed by atoms with van der Waals surface area (Å²) in [6, 6.07) is 4.22. The number of nitrogens with two attached hydrogens (primary N) is 1. The zero-order valence-corrected chi connectivity index (χ0v) is 8.92. The van der Waals surface area contributed by atoms with Crippen LogP contribution >= 0.6 is 11.3 Å². The lowest BCUT2D eigenvalue weighted by atomic mass is 10.3. The Bertz CT molecular complexity index is 383. The first-order valence-electron chi connectivity index (χ1n) is 4.57. The van der Waals surface area contributed by atoms with Crippen molar-refractivity contribution in [1.29, 1.82) is 0 Å². The molecule has 0 amide bonds. The van der Waals surface area contributed by atoms with E-state index in [9.17, 15) is 0 Å². The third-order valence-electron chi connectivity index (χ3n) is 2.15. The van der Waals surface area contributed by atoms with Gasteiger partial charge >= 0.3 is 0 Å². The van der Waals surface area contributed by atoms with Crippen molar-refractivity contribution in [1.82, 2.24) is 9.78 Å². The number of nitrogen functional groups attached to an aromatic ring is 1. The van der Waals surface area contributed by atoms with Gasteiger partial charge in [-0.25, -0.2) is 0 Å². The Balaban J connectivity index is 1.98. The molecule has 2 N–H and O–H groups in total. The quantitative estimate of drug-likeness (QED) is 0.837. The standard InChI is InChI=1S/C10H13N3S/c1-8-7-13(12-10(8)11)5-4-9-3-2-6-14-9/h2-3,6-7H,4-5H2,1H3,(H2,11,12). The first kappa shape index (κ1) is 9.27. The molecule has 0 aliphatic carbocycles. The Morgan fingerprint density at radius 2 is 2.43 bits per heavy atom. The van der Waals surface area contributed by atoms with Crippen LogP contribution in [0.15, 0.2) is 23.7 Å². The first-order chi connectivity index (χ1) is 6.75. The number of hydrogen-bond acceptors (Lipinski definition) is 3. The fraction of sp³-hybridized carbons (Fsp3) is 0.300. The zero-order chi connectivity index (χ0) is 9.97. The van der Waals surface area contributed by atoms with Crippen LogP contribution in [-0.2, 0) is 13.0 Å². The molecule has 0 bridgehead atoms. The van der Waals surface area contributed by atoms with Gasteiger partial charge in [-0.2, -0.15) is 5.10 Å². The Labute approximate surface area is 87.2 Å². The lowest BCUT2D eigenvalue weighted by Crippen LogP contribution is -2.01. The fourth-order valence-corrected chi connectivity index (χ4v) is 2.03. The van der Waals surface area contributed by atoms with E-state index in [0.29, 0.717) is 5.82 Å². The number of hydrogen-bond donors (Lipinski definition) is 1. The number of aryl methyl sites for hydroxylation is 3. The van der Waals surface area contributed by atoms with E-state index in [1.807, 2.05) is 17.8 Å². The van der Waals surface area contributed by atoms with Gasteiger partial charge in [0.15, 0.2) is 0 Å². The predicted molar refractivity (Wildman–Crippen MR) is 59.4 cm³/mol. The summed E-state index contributed by atoms with van der Waals surface area (Å²) >= 11 is 1.78. The van der Waals surface area contributed by atoms with Crippen molar-refractivity contribution in [2.45, 2.75) is 19.9 Å². The maximum atomic E-state index is 5.66. The third kappa shape index (κ3) is 1.96. The molecule has 0 fully saturated rings. The van der Waals surface area contributed by atoms with Crippen molar-refractivity contribution >= 4 is 17.2 Å². The van der Waals surface area contributed by atoms with Gasteiger partial charge in [0.1, 0.15) is 5.82 Å².